The summed E-state index contributed by atoms with van der Waals surface area (Å²) >= 11 is 1.85. The van der Waals surface area contributed by atoms with E-state index in [1.165, 1.54) is 12.8 Å². The molecule has 0 aromatic carbocycles. The minimum atomic E-state index is -0.102. The van der Waals surface area contributed by atoms with E-state index in [1.54, 1.807) is 0 Å². The fourth-order valence-corrected chi connectivity index (χ4v) is 3.25. The Kier molecular flexibility index (Phi) is 4.67. The van der Waals surface area contributed by atoms with Crippen molar-refractivity contribution in [1.29, 1.82) is 0 Å². The molecule has 1 aromatic heterocycles. The average Bonchev–Trinajstić information content (AvgIpc) is 2.88. The van der Waals surface area contributed by atoms with E-state index < -0.39 is 0 Å². The zero-order valence-electron chi connectivity index (χ0n) is 11.3. The smallest absolute Gasteiger partial charge is 0.228 e. The van der Waals surface area contributed by atoms with Gasteiger partial charge in [0.15, 0.2) is 5.82 Å². The molecular formula is C13H23N3OS. The Balaban J connectivity index is 1.82. The van der Waals surface area contributed by atoms with Crippen molar-refractivity contribution in [3.63, 3.8) is 0 Å². The summed E-state index contributed by atoms with van der Waals surface area (Å²) < 4.78 is 5.29. The van der Waals surface area contributed by atoms with Gasteiger partial charge < -0.3 is 10.3 Å². The summed E-state index contributed by atoms with van der Waals surface area (Å²) in [6, 6.07) is 0. The van der Waals surface area contributed by atoms with E-state index in [9.17, 15) is 0 Å². The first-order valence-electron chi connectivity index (χ1n) is 6.75. The fraction of sp³-hybridized carbons (Fsp3) is 0.846. The van der Waals surface area contributed by atoms with Crippen molar-refractivity contribution in [3.05, 3.63) is 11.7 Å². The first-order valence-corrected chi connectivity index (χ1v) is 7.91. The van der Waals surface area contributed by atoms with Crippen LogP contribution in [0.2, 0.25) is 0 Å². The second-order valence-corrected chi connectivity index (χ2v) is 6.79. The summed E-state index contributed by atoms with van der Waals surface area (Å²) in [4.78, 5) is 4.44. The van der Waals surface area contributed by atoms with E-state index in [-0.39, 0.29) is 5.54 Å². The molecule has 4 nitrogen and oxygen atoms in total. The molecule has 1 saturated carbocycles. The van der Waals surface area contributed by atoms with Crippen LogP contribution in [-0.2, 0) is 12.2 Å². The van der Waals surface area contributed by atoms with Crippen molar-refractivity contribution in [2.75, 3.05) is 5.75 Å². The molecule has 18 heavy (non-hydrogen) atoms. The standard InChI is InChI=1S/C13H23N3OS/c1-10(2)8-18-9-11-15-12(17-16-11)7-13(14)5-3-4-6-13/h10H,3-9,14H2,1-2H3. The molecule has 0 saturated heterocycles. The Labute approximate surface area is 113 Å². The van der Waals surface area contributed by atoms with Crippen LogP contribution >= 0.6 is 11.8 Å². The van der Waals surface area contributed by atoms with Crippen LogP contribution in [-0.4, -0.2) is 21.4 Å². The molecule has 0 unspecified atom stereocenters. The molecule has 1 fully saturated rings. The third-order valence-corrected chi connectivity index (χ3v) is 4.66. The second-order valence-electron chi connectivity index (χ2n) is 5.76. The van der Waals surface area contributed by atoms with Gasteiger partial charge in [0.1, 0.15) is 0 Å². The molecule has 0 spiro atoms. The van der Waals surface area contributed by atoms with Crippen LogP contribution in [0.1, 0.15) is 51.2 Å². The van der Waals surface area contributed by atoms with Gasteiger partial charge in [-0.05, 0) is 24.5 Å². The van der Waals surface area contributed by atoms with Gasteiger partial charge in [-0.2, -0.15) is 16.7 Å². The van der Waals surface area contributed by atoms with E-state index in [2.05, 4.69) is 24.0 Å². The van der Waals surface area contributed by atoms with Crippen LogP contribution in [0.4, 0.5) is 0 Å². The Hall–Kier alpha value is -0.550. The second kappa shape index (κ2) is 6.06. The van der Waals surface area contributed by atoms with Gasteiger partial charge in [0, 0.05) is 12.0 Å². The molecule has 1 aromatic rings. The van der Waals surface area contributed by atoms with Crippen molar-refractivity contribution >= 4 is 11.8 Å². The normalized spacial score (nSPS) is 18.7. The monoisotopic (exact) mass is 269 g/mol. The van der Waals surface area contributed by atoms with Crippen LogP contribution in [0, 0.1) is 5.92 Å². The molecular weight excluding hydrogens is 246 g/mol. The SMILES string of the molecule is CC(C)CSCc1noc(CC2(N)CCCC2)n1. The molecule has 0 bridgehead atoms. The van der Waals surface area contributed by atoms with Gasteiger partial charge in [-0.15, -0.1) is 0 Å². The van der Waals surface area contributed by atoms with Crippen LogP contribution in [0.3, 0.4) is 0 Å². The zero-order valence-corrected chi connectivity index (χ0v) is 12.1. The number of aromatic nitrogens is 2. The number of thioether (sulfide) groups is 1. The molecule has 0 atom stereocenters. The predicted molar refractivity (Wildman–Crippen MR) is 74.4 cm³/mol. The highest BCUT2D eigenvalue weighted by Gasteiger charge is 2.31. The predicted octanol–water partition coefficient (Wildman–Crippen LogP) is 2.77. The Morgan fingerprint density at radius 3 is 2.78 bits per heavy atom. The number of hydrogen-bond donors (Lipinski definition) is 1. The lowest BCUT2D eigenvalue weighted by atomic mass is 9.95. The largest absolute Gasteiger partial charge is 0.339 e. The maximum Gasteiger partial charge on any atom is 0.228 e. The lowest BCUT2D eigenvalue weighted by molar-refractivity contribution is 0.327. The first-order chi connectivity index (χ1) is 8.57. The summed E-state index contributed by atoms with van der Waals surface area (Å²) in [5.74, 6) is 4.17. The maximum absolute atomic E-state index is 6.31. The minimum absolute atomic E-state index is 0.102. The van der Waals surface area contributed by atoms with Crippen molar-refractivity contribution in [2.24, 2.45) is 11.7 Å². The van der Waals surface area contributed by atoms with Crippen molar-refractivity contribution < 1.29 is 4.52 Å². The highest BCUT2D eigenvalue weighted by molar-refractivity contribution is 7.98. The molecule has 2 rings (SSSR count). The molecule has 2 N–H and O–H groups in total. The van der Waals surface area contributed by atoms with Gasteiger partial charge in [0.2, 0.25) is 5.89 Å². The van der Waals surface area contributed by atoms with Crippen LogP contribution in [0.25, 0.3) is 0 Å². The molecule has 0 aliphatic heterocycles. The summed E-state index contributed by atoms with van der Waals surface area (Å²) in [5.41, 5.74) is 6.20. The van der Waals surface area contributed by atoms with Gasteiger partial charge >= 0.3 is 0 Å². The van der Waals surface area contributed by atoms with E-state index >= 15 is 0 Å². The topological polar surface area (TPSA) is 64.9 Å². The zero-order chi connectivity index (χ0) is 13.0. The van der Waals surface area contributed by atoms with E-state index in [0.717, 1.165) is 36.6 Å². The third-order valence-electron chi connectivity index (χ3n) is 3.30. The number of nitrogens with zero attached hydrogens (tertiary/aromatic N) is 2. The number of nitrogens with two attached hydrogens (primary N) is 1. The Morgan fingerprint density at radius 1 is 1.39 bits per heavy atom. The van der Waals surface area contributed by atoms with E-state index in [0.29, 0.717) is 11.8 Å². The van der Waals surface area contributed by atoms with E-state index in [1.807, 2.05) is 11.8 Å². The molecule has 0 radical (unpaired) electrons. The van der Waals surface area contributed by atoms with Gasteiger partial charge in [-0.1, -0.05) is 31.8 Å². The Bertz CT molecular complexity index is 372. The summed E-state index contributed by atoms with van der Waals surface area (Å²) in [7, 11) is 0. The lowest BCUT2D eigenvalue weighted by Gasteiger charge is -2.20. The fourth-order valence-electron chi connectivity index (χ4n) is 2.36. The molecule has 1 aliphatic carbocycles. The molecule has 0 amide bonds. The van der Waals surface area contributed by atoms with Gasteiger partial charge in [-0.3, -0.25) is 0 Å². The van der Waals surface area contributed by atoms with Crippen molar-refractivity contribution in [1.82, 2.24) is 10.1 Å². The lowest BCUT2D eigenvalue weighted by Crippen LogP contribution is -2.38. The Morgan fingerprint density at radius 2 is 2.11 bits per heavy atom. The van der Waals surface area contributed by atoms with Crippen LogP contribution in [0.15, 0.2) is 4.52 Å². The van der Waals surface area contributed by atoms with E-state index in [4.69, 9.17) is 10.3 Å². The average molecular weight is 269 g/mol. The maximum atomic E-state index is 6.31. The third kappa shape index (κ3) is 3.99. The van der Waals surface area contributed by atoms with Crippen molar-refractivity contribution in [3.8, 4) is 0 Å². The van der Waals surface area contributed by atoms with Crippen LogP contribution in [0.5, 0.6) is 0 Å². The minimum Gasteiger partial charge on any atom is -0.339 e. The summed E-state index contributed by atoms with van der Waals surface area (Å²) in [6.07, 6.45) is 5.33. The van der Waals surface area contributed by atoms with Gasteiger partial charge in [0.05, 0.1) is 5.75 Å². The quantitative estimate of drug-likeness (QED) is 0.860. The summed E-state index contributed by atoms with van der Waals surface area (Å²) in [5, 5.41) is 4.02. The van der Waals surface area contributed by atoms with Crippen molar-refractivity contribution in [2.45, 2.75) is 57.2 Å². The number of hydrogen-bond acceptors (Lipinski definition) is 5. The highest BCUT2D eigenvalue weighted by atomic mass is 32.2. The molecule has 1 aliphatic rings. The number of rotatable bonds is 6. The molecule has 102 valence electrons. The highest BCUT2D eigenvalue weighted by Crippen LogP contribution is 2.30. The van der Waals surface area contributed by atoms with Crippen LogP contribution < -0.4 is 5.73 Å². The molecule has 5 heteroatoms. The molecule has 1 heterocycles. The first kappa shape index (κ1) is 13.9. The van der Waals surface area contributed by atoms with Gasteiger partial charge in [-0.25, -0.2) is 0 Å². The summed E-state index contributed by atoms with van der Waals surface area (Å²) in [6.45, 7) is 4.43. The van der Waals surface area contributed by atoms with Gasteiger partial charge in [0.25, 0.3) is 0 Å².